The topological polar surface area (TPSA) is 109 Å². The summed E-state index contributed by atoms with van der Waals surface area (Å²) < 4.78 is 53.9. The van der Waals surface area contributed by atoms with Crippen molar-refractivity contribution >= 4 is 69.1 Å². The third-order valence-electron chi connectivity index (χ3n) is 2.90. The molecule has 2 aromatic rings. The van der Waals surface area contributed by atoms with E-state index in [1.54, 1.807) is 24.3 Å². The van der Waals surface area contributed by atoms with Gasteiger partial charge < -0.3 is 0 Å². The van der Waals surface area contributed by atoms with Crippen LogP contribution in [0.15, 0.2) is 57.5 Å². The van der Waals surface area contributed by atoms with Crippen LogP contribution >= 0.6 is 31.9 Å². The summed E-state index contributed by atoms with van der Waals surface area (Å²) in [5, 5.41) is 0. The van der Waals surface area contributed by atoms with Crippen LogP contribution in [0.3, 0.4) is 0 Å². The van der Waals surface area contributed by atoms with Gasteiger partial charge in [-0.2, -0.15) is 0 Å². The largest absolute Gasteiger partial charge is 0.297 e. The average molecular weight is 526 g/mol. The van der Waals surface area contributed by atoms with Gasteiger partial charge in [0.15, 0.2) is 5.78 Å². The quantitative estimate of drug-likeness (QED) is 0.550. The highest BCUT2D eigenvalue weighted by molar-refractivity contribution is 9.10. The number of hydrogen-bond donors (Lipinski definition) is 2. The maximum Gasteiger partial charge on any atom is 0.239 e. The van der Waals surface area contributed by atoms with Crippen molar-refractivity contribution in [3.63, 3.8) is 0 Å². The number of nitrogens with one attached hydrogen (secondary N) is 2. The van der Waals surface area contributed by atoms with E-state index in [-0.39, 0.29) is 11.4 Å². The predicted octanol–water partition coefficient (Wildman–Crippen LogP) is 2.96. The third kappa shape index (κ3) is 7.06. The average Bonchev–Trinajstić information content (AvgIpc) is 2.44. The molecule has 7 nitrogen and oxygen atoms in total. The molecule has 0 aliphatic carbocycles. The van der Waals surface area contributed by atoms with E-state index in [1.807, 2.05) is 0 Å². The molecule has 0 aliphatic heterocycles. The SMILES string of the molecule is O=C(CS(=O)(=O)Nc1cccc(Br)c1)CS(=O)(=O)Nc1cccc(Br)c1. The van der Waals surface area contributed by atoms with Crippen LogP contribution in [0.5, 0.6) is 0 Å². The lowest BCUT2D eigenvalue weighted by Gasteiger charge is -2.09. The van der Waals surface area contributed by atoms with Crippen molar-refractivity contribution in [1.82, 2.24) is 0 Å². The van der Waals surface area contributed by atoms with E-state index >= 15 is 0 Å². The Balaban J connectivity index is 2.00. The van der Waals surface area contributed by atoms with Gasteiger partial charge in [-0.25, -0.2) is 16.8 Å². The minimum Gasteiger partial charge on any atom is -0.297 e. The minimum absolute atomic E-state index is 0.266. The first-order chi connectivity index (χ1) is 12.0. The Bertz CT molecular complexity index is 942. The van der Waals surface area contributed by atoms with Crippen molar-refractivity contribution in [3.05, 3.63) is 57.5 Å². The zero-order chi connectivity index (χ0) is 19.4. The second kappa shape index (κ2) is 8.51. The molecule has 0 heterocycles. The monoisotopic (exact) mass is 524 g/mol. The number of rotatable bonds is 8. The molecule has 0 unspecified atom stereocenters. The van der Waals surface area contributed by atoms with Crippen molar-refractivity contribution < 1.29 is 21.6 Å². The molecule has 0 saturated carbocycles. The second-order valence-corrected chi connectivity index (χ2v) is 10.6. The second-order valence-electron chi connectivity index (χ2n) is 5.28. The number of benzene rings is 2. The molecular weight excluding hydrogens is 512 g/mol. The van der Waals surface area contributed by atoms with Crippen LogP contribution < -0.4 is 9.44 Å². The lowest BCUT2D eigenvalue weighted by molar-refractivity contribution is -0.114. The van der Waals surface area contributed by atoms with Crippen molar-refractivity contribution in [2.45, 2.75) is 0 Å². The molecule has 11 heteroatoms. The van der Waals surface area contributed by atoms with Gasteiger partial charge in [-0.1, -0.05) is 44.0 Å². The highest BCUT2D eigenvalue weighted by Crippen LogP contribution is 2.18. The van der Waals surface area contributed by atoms with Crippen LogP contribution in [0.25, 0.3) is 0 Å². The highest BCUT2D eigenvalue weighted by Gasteiger charge is 2.22. The number of anilines is 2. The molecule has 140 valence electrons. The number of ketones is 1. The molecule has 2 rings (SSSR count). The molecule has 2 aromatic carbocycles. The molecule has 26 heavy (non-hydrogen) atoms. The van der Waals surface area contributed by atoms with Crippen LogP contribution in [0.4, 0.5) is 11.4 Å². The summed E-state index contributed by atoms with van der Waals surface area (Å²) >= 11 is 6.41. The molecule has 0 amide bonds. The van der Waals surface area contributed by atoms with Crippen molar-refractivity contribution in [1.29, 1.82) is 0 Å². The molecule has 0 radical (unpaired) electrons. The highest BCUT2D eigenvalue weighted by atomic mass is 79.9. The summed E-state index contributed by atoms with van der Waals surface area (Å²) in [6.45, 7) is 0. The van der Waals surface area contributed by atoms with Crippen LogP contribution in [-0.4, -0.2) is 34.1 Å². The lowest BCUT2D eigenvalue weighted by atomic mass is 10.3. The molecule has 0 saturated heterocycles. The Kier molecular flexibility index (Phi) is 6.83. The van der Waals surface area contributed by atoms with E-state index < -0.39 is 37.3 Å². The summed E-state index contributed by atoms with van der Waals surface area (Å²) in [5.41, 5.74) is 0.532. The zero-order valence-electron chi connectivity index (χ0n) is 13.1. The molecule has 0 aromatic heterocycles. The number of halogens is 2. The van der Waals surface area contributed by atoms with Crippen LogP contribution in [0.1, 0.15) is 0 Å². The van der Waals surface area contributed by atoms with Gasteiger partial charge in [-0.3, -0.25) is 14.2 Å². The van der Waals surface area contributed by atoms with E-state index in [0.29, 0.717) is 8.95 Å². The lowest BCUT2D eigenvalue weighted by Crippen LogP contribution is -2.30. The fraction of sp³-hybridized carbons (Fsp3) is 0.133. The number of carbonyl (C=O) groups is 1. The summed E-state index contributed by atoms with van der Waals surface area (Å²) in [6.07, 6.45) is 0. The maximum absolute atomic E-state index is 12.0. The molecule has 0 spiro atoms. The van der Waals surface area contributed by atoms with Crippen molar-refractivity contribution in [2.24, 2.45) is 0 Å². The number of sulfonamides is 2. The molecule has 2 N–H and O–H groups in total. The first-order valence-electron chi connectivity index (χ1n) is 7.08. The smallest absolute Gasteiger partial charge is 0.239 e. The van der Waals surface area contributed by atoms with Gasteiger partial charge in [0.1, 0.15) is 11.5 Å². The fourth-order valence-electron chi connectivity index (χ4n) is 2.00. The van der Waals surface area contributed by atoms with Crippen molar-refractivity contribution in [3.8, 4) is 0 Å². The predicted molar refractivity (Wildman–Crippen MR) is 108 cm³/mol. The van der Waals surface area contributed by atoms with Crippen LogP contribution in [0.2, 0.25) is 0 Å². The van der Waals surface area contributed by atoms with Gasteiger partial charge >= 0.3 is 0 Å². The van der Waals surface area contributed by atoms with Crippen molar-refractivity contribution in [2.75, 3.05) is 20.9 Å². The number of hydrogen-bond acceptors (Lipinski definition) is 5. The number of Topliss-reactive ketones (excluding diaryl/α,β-unsaturated/α-hetero) is 1. The molecule has 0 fully saturated rings. The van der Waals surface area contributed by atoms with Crippen LogP contribution in [0, 0.1) is 0 Å². The van der Waals surface area contributed by atoms with Gasteiger partial charge in [0.05, 0.1) is 0 Å². The van der Waals surface area contributed by atoms with Crippen LogP contribution in [-0.2, 0) is 24.8 Å². The minimum atomic E-state index is -4.02. The third-order valence-corrected chi connectivity index (χ3v) is 6.38. The molecule has 0 atom stereocenters. The van der Waals surface area contributed by atoms with E-state index in [9.17, 15) is 21.6 Å². The molecule has 0 bridgehead atoms. The van der Waals surface area contributed by atoms with Gasteiger partial charge in [0.2, 0.25) is 20.0 Å². The molecule has 0 aliphatic rings. The first kappa shape index (κ1) is 20.9. The zero-order valence-corrected chi connectivity index (χ0v) is 18.0. The first-order valence-corrected chi connectivity index (χ1v) is 12.0. The van der Waals surface area contributed by atoms with Gasteiger partial charge in [0, 0.05) is 20.3 Å². The number of carbonyl (C=O) groups excluding carboxylic acids is 1. The Morgan fingerprint density at radius 1 is 0.769 bits per heavy atom. The maximum atomic E-state index is 12.0. The Hall–Kier alpha value is -1.43. The summed E-state index contributed by atoms with van der Waals surface area (Å²) in [7, 11) is -8.05. The van der Waals surface area contributed by atoms with E-state index in [1.165, 1.54) is 24.3 Å². The van der Waals surface area contributed by atoms with Gasteiger partial charge in [-0.05, 0) is 36.4 Å². The van der Waals surface area contributed by atoms with E-state index in [0.717, 1.165) is 0 Å². The normalized spacial score (nSPS) is 11.8. The van der Waals surface area contributed by atoms with E-state index in [2.05, 4.69) is 41.3 Å². The Labute approximate surface area is 168 Å². The fourth-order valence-corrected chi connectivity index (χ4v) is 5.10. The molecular formula is C15H14Br2N2O5S2. The Morgan fingerprint density at radius 3 is 1.50 bits per heavy atom. The van der Waals surface area contributed by atoms with E-state index in [4.69, 9.17) is 0 Å². The van der Waals surface area contributed by atoms with Gasteiger partial charge in [0.25, 0.3) is 0 Å². The summed E-state index contributed by atoms with van der Waals surface area (Å²) in [6, 6.07) is 12.7. The summed E-state index contributed by atoms with van der Waals surface area (Å²) in [5.74, 6) is -2.84. The summed E-state index contributed by atoms with van der Waals surface area (Å²) in [4.78, 5) is 11.9. The van der Waals surface area contributed by atoms with Gasteiger partial charge in [-0.15, -0.1) is 0 Å². The Morgan fingerprint density at radius 2 is 1.15 bits per heavy atom. The standard InChI is InChI=1S/C15H14Br2N2O5S2/c16-11-3-1-5-13(7-11)18-25(21,22)9-15(20)10-26(23,24)19-14-6-2-4-12(17)8-14/h1-8,18-19H,9-10H2.